The molecule has 3 unspecified atom stereocenters. The van der Waals surface area contributed by atoms with E-state index in [1.54, 1.807) is 0 Å². The molecule has 2 N–H and O–H groups in total. The van der Waals surface area contributed by atoms with Crippen LogP contribution in [0.4, 0.5) is 0 Å². The van der Waals surface area contributed by atoms with Gasteiger partial charge in [0.2, 0.25) is 5.91 Å². The standard InChI is InChI=1S/C17H25NO2/c1-12-8-13(2)10-15(9-12)17(20)18-11-16(19)14-6-4-3-5-7-14/h3-7,12-13,15-16,19H,8-11H2,1-2H3,(H,18,20). The molecule has 1 amide bonds. The summed E-state index contributed by atoms with van der Waals surface area (Å²) in [4.78, 5) is 12.2. The Morgan fingerprint density at radius 1 is 1.20 bits per heavy atom. The molecule has 3 heteroatoms. The van der Waals surface area contributed by atoms with Crippen molar-refractivity contribution >= 4 is 5.91 Å². The molecule has 0 aromatic heterocycles. The molecule has 0 bridgehead atoms. The second kappa shape index (κ2) is 6.89. The summed E-state index contributed by atoms with van der Waals surface area (Å²) < 4.78 is 0. The zero-order valence-electron chi connectivity index (χ0n) is 12.4. The highest BCUT2D eigenvalue weighted by atomic mass is 16.3. The highest BCUT2D eigenvalue weighted by Gasteiger charge is 2.28. The quantitative estimate of drug-likeness (QED) is 0.887. The predicted octanol–water partition coefficient (Wildman–Crippen LogP) is 2.91. The van der Waals surface area contributed by atoms with Gasteiger partial charge in [0, 0.05) is 12.5 Å². The molecule has 1 fully saturated rings. The summed E-state index contributed by atoms with van der Waals surface area (Å²) in [5.74, 6) is 1.44. The first-order valence-corrected chi connectivity index (χ1v) is 7.57. The molecular formula is C17H25NO2. The molecule has 20 heavy (non-hydrogen) atoms. The molecule has 0 aliphatic heterocycles. The molecule has 2 rings (SSSR count). The van der Waals surface area contributed by atoms with Crippen molar-refractivity contribution in [3.63, 3.8) is 0 Å². The van der Waals surface area contributed by atoms with E-state index in [1.165, 1.54) is 6.42 Å². The van der Waals surface area contributed by atoms with E-state index in [0.29, 0.717) is 18.4 Å². The Hall–Kier alpha value is -1.35. The third kappa shape index (κ3) is 4.07. The normalized spacial score (nSPS) is 27.9. The molecule has 0 saturated heterocycles. The molecule has 0 spiro atoms. The minimum Gasteiger partial charge on any atom is -0.387 e. The van der Waals surface area contributed by atoms with E-state index in [9.17, 15) is 9.90 Å². The topological polar surface area (TPSA) is 49.3 Å². The first-order valence-electron chi connectivity index (χ1n) is 7.57. The summed E-state index contributed by atoms with van der Waals surface area (Å²) in [6, 6.07) is 9.46. The smallest absolute Gasteiger partial charge is 0.223 e. The average molecular weight is 275 g/mol. The van der Waals surface area contributed by atoms with Crippen molar-refractivity contribution in [1.82, 2.24) is 5.32 Å². The second-order valence-electron chi connectivity index (χ2n) is 6.29. The highest BCUT2D eigenvalue weighted by Crippen LogP contribution is 2.32. The molecule has 110 valence electrons. The van der Waals surface area contributed by atoms with E-state index in [2.05, 4.69) is 19.2 Å². The molecule has 1 aromatic rings. The number of carbonyl (C=O) groups excluding carboxylic acids is 1. The maximum absolute atomic E-state index is 12.2. The first kappa shape index (κ1) is 15.0. The van der Waals surface area contributed by atoms with E-state index in [0.717, 1.165) is 18.4 Å². The van der Waals surface area contributed by atoms with Crippen molar-refractivity contribution in [2.45, 2.75) is 39.2 Å². The highest BCUT2D eigenvalue weighted by molar-refractivity contribution is 5.78. The maximum Gasteiger partial charge on any atom is 0.223 e. The second-order valence-corrected chi connectivity index (χ2v) is 6.29. The van der Waals surface area contributed by atoms with Crippen molar-refractivity contribution in [3.05, 3.63) is 35.9 Å². The van der Waals surface area contributed by atoms with Gasteiger partial charge < -0.3 is 10.4 Å². The Morgan fingerprint density at radius 2 is 1.80 bits per heavy atom. The number of nitrogens with one attached hydrogen (secondary N) is 1. The van der Waals surface area contributed by atoms with Gasteiger partial charge in [0.15, 0.2) is 0 Å². The number of hydrogen-bond donors (Lipinski definition) is 2. The van der Waals surface area contributed by atoms with Crippen LogP contribution in [0, 0.1) is 17.8 Å². The number of aliphatic hydroxyl groups is 1. The molecule has 1 aliphatic rings. The molecule has 3 atom stereocenters. The van der Waals surface area contributed by atoms with Crippen LogP contribution in [0.5, 0.6) is 0 Å². The molecule has 0 radical (unpaired) electrons. The summed E-state index contributed by atoms with van der Waals surface area (Å²) in [5.41, 5.74) is 0.846. The van der Waals surface area contributed by atoms with Gasteiger partial charge >= 0.3 is 0 Å². The van der Waals surface area contributed by atoms with Crippen molar-refractivity contribution in [2.24, 2.45) is 17.8 Å². The fourth-order valence-electron chi connectivity index (χ4n) is 3.30. The SMILES string of the molecule is CC1CC(C)CC(C(=O)NCC(O)c2ccccc2)C1. The van der Waals surface area contributed by atoms with Crippen LogP contribution in [-0.4, -0.2) is 17.6 Å². The largest absolute Gasteiger partial charge is 0.387 e. The van der Waals surface area contributed by atoms with Gasteiger partial charge in [0.1, 0.15) is 0 Å². The van der Waals surface area contributed by atoms with Gasteiger partial charge in [-0.25, -0.2) is 0 Å². The summed E-state index contributed by atoms with van der Waals surface area (Å²) in [6.07, 6.45) is 2.53. The van der Waals surface area contributed by atoms with Crippen molar-refractivity contribution < 1.29 is 9.90 Å². The molecule has 1 aromatic carbocycles. The van der Waals surface area contributed by atoms with Gasteiger partial charge in [0.05, 0.1) is 6.10 Å². The lowest BCUT2D eigenvalue weighted by Gasteiger charge is -2.30. The van der Waals surface area contributed by atoms with E-state index < -0.39 is 6.10 Å². The van der Waals surface area contributed by atoms with Crippen molar-refractivity contribution in [1.29, 1.82) is 0 Å². The van der Waals surface area contributed by atoms with E-state index in [-0.39, 0.29) is 11.8 Å². The van der Waals surface area contributed by atoms with Crippen LogP contribution in [0.2, 0.25) is 0 Å². The zero-order chi connectivity index (χ0) is 14.5. The van der Waals surface area contributed by atoms with Crippen molar-refractivity contribution in [2.75, 3.05) is 6.54 Å². The third-order valence-electron chi connectivity index (χ3n) is 4.20. The number of hydrogen-bond acceptors (Lipinski definition) is 2. The van der Waals surface area contributed by atoms with Gasteiger partial charge in [-0.15, -0.1) is 0 Å². The van der Waals surface area contributed by atoms with Crippen LogP contribution in [0.25, 0.3) is 0 Å². The van der Waals surface area contributed by atoms with Gasteiger partial charge in [-0.05, 0) is 36.7 Å². The van der Waals surface area contributed by atoms with Crippen LogP contribution in [-0.2, 0) is 4.79 Å². The molecule has 1 aliphatic carbocycles. The Bertz CT molecular complexity index is 422. The lowest BCUT2D eigenvalue weighted by molar-refractivity contribution is -0.127. The van der Waals surface area contributed by atoms with Crippen LogP contribution in [0.1, 0.15) is 44.8 Å². The number of aliphatic hydroxyl groups excluding tert-OH is 1. The van der Waals surface area contributed by atoms with Gasteiger partial charge in [-0.1, -0.05) is 44.2 Å². The van der Waals surface area contributed by atoms with Gasteiger partial charge in [-0.2, -0.15) is 0 Å². The lowest BCUT2D eigenvalue weighted by Crippen LogP contribution is -2.37. The summed E-state index contributed by atoms with van der Waals surface area (Å²) in [7, 11) is 0. The van der Waals surface area contributed by atoms with Crippen LogP contribution < -0.4 is 5.32 Å². The fourth-order valence-corrected chi connectivity index (χ4v) is 3.30. The van der Waals surface area contributed by atoms with Crippen LogP contribution in [0.3, 0.4) is 0 Å². The Balaban J connectivity index is 1.83. The number of amides is 1. The Kier molecular flexibility index (Phi) is 5.18. The van der Waals surface area contributed by atoms with E-state index >= 15 is 0 Å². The van der Waals surface area contributed by atoms with Gasteiger partial charge in [0.25, 0.3) is 0 Å². The first-order chi connectivity index (χ1) is 9.56. The van der Waals surface area contributed by atoms with E-state index in [4.69, 9.17) is 0 Å². The molecule has 1 saturated carbocycles. The summed E-state index contributed by atoms with van der Waals surface area (Å²) in [5, 5.41) is 13.0. The minimum atomic E-state index is -0.626. The maximum atomic E-state index is 12.2. The average Bonchev–Trinajstić information content (AvgIpc) is 2.44. The Morgan fingerprint density at radius 3 is 2.40 bits per heavy atom. The fraction of sp³-hybridized carbons (Fsp3) is 0.588. The zero-order valence-corrected chi connectivity index (χ0v) is 12.4. The van der Waals surface area contributed by atoms with Gasteiger partial charge in [-0.3, -0.25) is 4.79 Å². The molecular weight excluding hydrogens is 250 g/mol. The number of rotatable bonds is 4. The predicted molar refractivity (Wildman–Crippen MR) is 80.1 cm³/mol. The molecule has 0 heterocycles. The van der Waals surface area contributed by atoms with Crippen LogP contribution in [0.15, 0.2) is 30.3 Å². The monoisotopic (exact) mass is 275 g/mol. The summed E-state index contributed by atoms with van der Waals surface area (Å²) >= 11 is 0. The van der Waals surface area contributed by atoms with Crippen LogP contribution >= 0.6 is 0 Å². The Labute approximate surface area is 121 Å². The van der Waals surface area contributed by atoms with E-state index in [1.807, 2.05) is 30.3 Å². The number of benzene rings is 1. The lowest BCUT2D eigenvalue weighted by atomic mass is 9.76. The molecule has 3 nitrogen and oxygen atoms in total. The summed E-state index contributed by atoms with van der Waals surface area (Å²) in [6.45, 7) is 4.73. The minimum absolute atomic E-state index is 0.0957. The van der Waals surface area contributed by atoms with Crippen molar-refractivity contribution in [3.8, 4) is 0 Å². The number of carbonyl (C=O) groups is 1. The third-order valence-corrected chi connectivity index (χ3v) is 4.20.